The van der Waals surface area contributed by atoms with E-state index in [-0.39, 0.29) is 29.8 Å². The molecule has 30 heavy (non-hydrogen) atoms. The summed E-state index contributed by atoms with van der Waals surface area (Å²) < 4.78 is 13.4. The molecule has 0 aliphatic carbocycles. The van der Waals surface area contributed by atoms with Gasteiger partial charge in [-0.05, 0) is 30.2 Å². The molecule has 1 aromatic heterocycles. The van der Waals surface area contributed by atoms with Crippen molar-refractivity contribution in [3.63, 3.8) is 0 Å². The Bertz CT molecular complexity index is 1080. The summed E-state index contributed by atoms with van der Waals surface area (Å²) in [6.45, 7) is 0.201. The van der Waals surface area contributed by atoms with E-state index < -0.39 is 11.7 Å². The van der Waals surface area contributed by atoms with Crippen LogP contribution in [0.15, 0.2) is 48.5 Å². The number of hydrogen-bond acceptors (Lipinski definition) is 5. The highest BCUT2D eigenvalue weighted by Gasteiger charge is 2.35. The average molecular weight is 445 g/mol. The Morgan fingerprint density at radius 2 is 2.00 bits per heavy atom. The minimum atomic E-state index is -0.555. The molecule has 3 aromatic rings. The lowest BCUT2D eigenvalue weighted by Gasteiger charge is -2.17. The monoisotopic (exact) mass is 444 g/mol. The van der Waals surface area contributed by atoms with Gasteiger partial charge in [0.2, 0.25) is 16.9 Å². The van der Waals surface area contributed by atoms with Gasteiger partial charge in [-0.2, -0.15) is 0 Å². The standard InChI is InChI=1S/C21H18ClFN4O2S/c22-16-11-15(7-8-17(16)23)27-12-14(10-19(27)28)20(29)24-21-26-25-18(30-21)9-6-13-4-2-1-3-5-13/h1-5,7-8,11,14H,6,9-10,12H2,(H,24,26,29). The summed E-state index contributed by atoms with van der Waals surface area (Å²) in [6.07, 6.45) is 1.65. The minimum Gasteiger partial charge on any atom is -0.312 e. The minimum absolute atomic E-state index is 0.0647. The lowest BCUT2D eigenvalue weighted by molar-refractivity contribution is -0.122. The second-order valence-corrected chi connectivity index (χ2v) is 8.45. The summed E-state index contributed by atoms with van der Waals surface area (Å²) in [5.41, 5.74) is 1.68. The van der Waals surface area contributed by atoms with Gasteiger partial charge in [0.05, 0.1) is 10.9 Å². The fraction of sp³-hybridized carbons (Fsp3) is 0.238. The molecule has 0 bridgehead atoms. The van der Waals surface area contributed by atoms with Crippen molar-refractivity contribution >= 4 is 45.6 Å². The van der Waals surface area contributed by atoms with Crippen LogP contribution in [0.4, 0.5) is 15.2 Å². The summed E-state index contributed by atoms with van der Waals surface area (Å²) in [5.74, 6) is -1.58. The van der Waals surface area contributed by atoms with Crippen LogP contribution in [0.25, 0.3) is 0 Å². The van der Waals surface area contributed by atoms with Crippen LogP contribution in [0.5, 0.6) is 0 Å². The zero-order valence-corrected chi connectivity index (χ0v) is 17.4. The Morgan fingerprint density at radius 3 is 2.77 bits per heavy atom. The van der Waals surface area contributed by atoms with Gasteiger partial charge in [-0.25, -0.2) is 4.39 Å². The first-order valence-electron chi connectivity index (χ1n) is 9.42. The number of nitrogens with zero attached hydrogens (tertiary/aromatic N) is 3. The molecule has 6 nitrogen and oxygen atoms in total. The van der Waals surface area contributed by atoms with Crippen molar-refractivity contribution < 1.29 is 14.0 Å². The zero-order chi connectivity index (χ0) is 21.1. The van der Waals surface area contributed by atoms with Gasteiger partial charge in [0.1, 0.15) is 10.8 Å². The first-order chi connectivity index (χ1) is 14.5. The number of carbonyl (C=O) groups is 2. The van der Waals surface area contributed by atoms with Crippen LogP contribution < -0.4 is 10.2 Å². The Labute approximate surface area is 181 Å². The highest BCUT2D eigenvalue weighted by atomic mass is 35.5. The summed E-state index contributed by atoms with van der Waals surface area (Å²) in [6, 6.07) is 14.1. The van der Waals surface area contributed by atoms with Crippen molar-refractivity contribution in [2.24, 2.45) is 5.92 Å². The van der Waals surface area contributed by atoms with E-state index in [0.717, 1.165) is 17.8 Å². The van der Waals surface area contributed by atoms with Crippen molar-refractivity contribution in [1.82, 2.24) is 10.2 Å². The quantitative estimate of drug-likeness (QED) is 0.621. The Hall–Kier alpha value is -2.84. The topological polar surface area (TPSA) is 75.2 Å². The number of carbonyl (C=O) groups excluding carboxylic acids is 2. The largest absolute Gasteiger partial charge is 0.312 e. The molecule has 1 aliphatic heterocycles. The van der Waals surface area contributed by atoms with E-state index in [1.165, 1.54) is 40.0 Å². The molecule has 1 saturated heterocycles. The number of rotatable bonds is 6. The van der Waals surface area contributed by atoms with E-state index in [9.17, 15) is 14.0 Å². The second-order valence-electron chi connectivity index (χ2n) is 6.98. The van der Waals surface area contributed by atoms with E-state index in [1.54, 1.807) is 0 Å². The number of aromatic nitrogens is 2. The van der Waals surface area contributed by atoms with Crippen molar-refractivity contribution in [3.05, 3.63) is 69.9 Å². The van der Waals surface area contributed by atoms with E-state index in [1.807, 2.05) is 18.2 Å². The maximum absolute atomic E-state index is 13.4. The predicted octanol–water partition coefficient (Wildman–Crippen LogP) is 4.11. The molecule has 4 rings (SSSR count). The zero-order valence-electron chi connectivity index (χ0n) is 15.8. The second kappa shape index (κ2) is 8.89. The highest BCUT2D eigenvalue weighted by Crippen LogP contribution is 2.29. The van der Waals surface area contributed by atoms with Gasteiger partial charge in [-0.1, -0.05) is 53.3 Å². The smallest absolute Gasteiger partial charge is 0.231 e. The van der Waals surface area contributed by atoms with Crippen molar-refractivity contribution in [2.45, 2.75) is 19.3 Å². The summed E-state index contributed by atoms with van der Waals surface area (Å²) >= 11 is 7.14. The van der Waals surface area contributed by atoms with Crippen LogP contribution in [0.1, 0.15) is 17.0 Å². The normalized spacial score (nSPS) is 16.1. The fourth-order valence-electron chi connectivity index (χ4n) is 3.29. The number of halogens is 2. The molecule has 1 fully saturated rings. The molecule has 2 aromatic carbocycles. The average Bonchev–Trinajstić information content (AvgIpc) is 3.36. The molecular formula is C21H18ClFN4O2S. The lowest BCUT2D eigenvalue weighted by atomic mass is 10.1. The molecule has 0 saturated carbocycles. The van der Waals surface area contributed by atoms with Crippen molar-refractivity contribution in [3.8, 4) is 0 Å². The van der Waals surface area contributed by atoms with E-state index >= 15 is 0 Å². The third-order valence-corrected chi connectivity index (χ3v) is 6.07. The molecule has 1 aliphatic rings. The number of aryl methyl sites for hydroxylation is 2. The number of benzene rings is 2. The fourth-order valence-corrected chi connectivity index (χ4v) is 4.21. The molecule has 1 unspecified atom stereocenters. The Kier molecular flexibility index (Phi) is 6.06. The summed E-state index contributed by atoms with van der Waals surface area (Å²) in [7, 11) is 0. The highest BCUT2D eigenvalue weighted by molar-refractivity contribution is 7.15. The van der Waals surface area contributed by atoms with Gasteiger partial charge in [0, 0.05) is 25.1 Å². The van der Waals surface area contributed by atoms with Gasteiger partial charge in [-0.15, -0.1) is 10.2 Å². The number of hydrogen-bond donors (Lipinski definition) is 1. The van der Waals surface area contributed by atoms with Crippen molar-refractivity contribution in [2.75, 3.05) is 16.8 Å². The number of amides is 2. The molecular weight excluding hydrogens is 427 g/mol. The summed E-state index contributed by atoms with van der Waals surface area (Å²) in [4.78, 5) is 26.4. The third-order valence-electron chi connectivity index (χ3n) is 4.88. The van der Waals surface area contributed by atoms with Gasteiger partial charge >= 0.3 is 0 Å². The lowest BCUT2D eigenvalue weighted by Crippen LogP contribution is -2.28. The van der Waals surface area contributed by atoms with Crippen LogP contribution in [-0.2, 0) is 22.4 Å². The maximum Gasteiger partial charge on any atom is 0.231 e. The van der Waals surface area contributed by atoms with Gasteiger partial charge in [0.25, 0.3) is 0 Å². The molecule has 0 spiro atoms. The van der Waals surface area contributed by atoms with Crippen molar-refractivity contribution in [1.29, 1.82) is 0 Å². The molecule has 2 heterocycles. The molecule has 154 valence electrons. The van der Waals surface area contributed by atoms with Crippen LogP contribution in [-0.4, -0.2) is 28.6 Å². The Morgan fingerprint density at radius 1 is 1.20 bits per heavy atom. The SMILES string of the molecule is O=C(Nc1nnc(CCc2ccccc2)s1)C1CC(=O)N(c2ccc(F)c(Cl)c2)C1. The number of anilines is 2. The molecule has 2 amide bonds. The summed E-state index contributed by atoms with van der Waals surface area (Å²) in [5, 5.41) is 12.1. The van der Waals surface area contributed by atoms with Crippen LogP contribution >= 0.6 is 22.9 Å². The maximum atomic E-state index is 13.4. The van der Waals surface area contributed by atoms with E-state index in [0.29, 0.717) is 10.8 Å². The Balaban J connectivity index is 1.34. The predicted molar refractivity (Wildman–Crippen MR) is 114 cm³/mol. The van der Waals surface area contributed by atoms with Crippen LogP contribution in [0.2, 0.25) is 5.02 Å². The molecule has 9 heteroatoms. The molecule has 1 N–H and O–H groups in total. The van der Waals surface area contributed by atoms with Gasteiger partial charge in [-0.3, -0.25) is 9.59 Å². The third kappa shape index (κ3) is 4.66. The number of nitrogens with one attached hydrogen (secondary N) is 1. The van der Waals surface area contributed by atoms with Gasteiger partial charge < -0.3 is 10.2 Å². The van der Waals surface area contributed by atoms with Crippen LogP contribution in [0.3, 0.4) is 0 Å². The van der Waals surface area contributed by atoms with Gasteiger partial charge in [0.15, 0.2) is 0 Å². The molecule has 1 atom stereocenters. The molecule has 0 radical (unpaired) electrons. The van der Waals surface area contributed by atoms with E-state index in [4.69, 9.17) is 11.6 Å². The first kappa shape index (κ1) is 20.4. The van der Waals surface area contributed by atoms with E-state index in [2.05, 4.69) is 27.6 Å². The van der Waals surface area contributed by atoms with Crippen LogP contribution in [0, 0.1) is 11.7 Å². The first-order valence-corrected chi connectivity index (χ1v) is 10.6.